The molecule has 6 nitrogen and oxygen atoms in total. The van der Waals surface area contributed by atoms with Crippen molar-refractivity contribution in [2.45, 2.75) is 18.8 Å². The number of halogens is 1. The zero-order valence-corrected chi connectivity index (χ0v) is 15.0. The number of methoxy groups -OCH3 is 2. The van der Waals surface area contributed by atoms with E-state index in [-0.39, 0.29) is 18.0 Å². The first-order valence-corrected chi connectivity index (χ1v) is 8.18. The lowest BCUT2D eigenvalue weighted by molar-refractivity contribution is -0.163. The van der Waals surface area contributed by atoms with Gasteiger partial charge in [-0.3, -0.25) is 19.0 Å². The molecule has 1 unspecified atom stereocenters. The first kappa shape index (κ1) is 16.7. The molecule has 0 radical (unpaired) electrons. The van der Waals surface area contributed by atoms with Crippen molar-refractivity contribution in [1.29, 1.82) is 0 Å². The van der Waals surface area contributed by atoms with Gasteiger partial charge in [0.05, 0.1) is 25.4 Å². The molecule has 0 fully saturated rings. The van der Waals surface area contributed by atoms with Gasteiger partial charge in [-0.2, -0.15) is 0 Å². The second-order valence-electron chi connectivity index (χ2n) is 5.90. The van der Waals surface area contributed by atoms with Gasteiger partial charge in [0, 0.05) is 15.8 Å². The van der Waals surface area contributed by atoms with Crippen LogP contribution in [0.5, 0.6) is 0 Å². The van der Waals surface area contributed by atoms with E-state index < -0.39 is 23.3 Å². The Labute approximate surface area is 146 Å². The summed E-state index contributed by atoms with van der Waals surface area (Å²) in [5, 5.41) is 0.749. The number of nitrogens with zero attached hydrogens (tertiary/aromatic N) is 1. The lowest BCUT2D eigenvalue weighted by atomic mass is 9.74. The highest BCUT2D eigenvalue weighted by Crippen LogP contribution is 2.42. The van der Waals surface area contributed by atoms with Crippen molar-refractivity contribution in [2.75, 3.05) is 14.2 Å². The maximum atomic E-state index is 12.7. The molecule has 1 aromatic carbocycles. The van der Waals surface area contributed by atoms with Crippen LogP contribution in [0.25, 0.3) is 10.9 Å². The second kappa shape index (κ2) is 5.73. The zero-order valence-electron chi connectivity index (χ0n) is 13.5. The topological polar surface area (TPSA) is 74.6 Å². The van der Waals surface area contributed by atoms with E-state index in [1.807, 2.05) is 6.07 Å². The molecule has 2 heterocycles. The largest absolute Gasteiger partial charge is 0.468 e. The van der Waals surface area contributed by atoms with Gasteiger partial charge in [0.2, 0.25) is 11.3 Å². The van der Waals surface area contributed by atoms with E-state index in [9.17, 15) is 14.4 Å². The third kappa shape index (κ3) is 2.11. The molecular formula is C17H16BrNO5. The van der Waals surface area contributed by atoms with Crippen molar-refractivity contribution >= 4 is 44.7 Å². The molecule has 3 rings (SSSR count). The number of aromatic nitrogens is 1. The molecular weight excluding hydrogens is 378 g/mol. The van der Waals surface area contributed by atoms with Crippen LogP contribution in [0, 0.1) is 5.92 Å². The molecule has 1 aliphatic rings. The number of hydrogen-bond donors (Lipinski definition) is 0. The van der Waals surface area contributed by atoms with Crippen molar-refractivity contribution in [3.8, 4) is 0 Å². The van der Waals surface area contributed by atoms with E-state index in [0.29, 0.717) is 5.52 Å². The van der Waals surface area contributed by atoms with Gasteiger partial charge < -0.3 is 9.47 Å². The monoisotopic (exact) mass is 393 g/mol. The van der Waals surface area contributed by atoms with Crippen LogP contribution in [0.4, 0.5) is 0 Å². The van der Waals surface area contributed by atoms with Gasteiger partial charge in [0.1, 0.15) is 0 Å². The zero-order chi connectivity index (χ0) is 17.6. The predicted octanol–water partition coefficient (Wildman–Crippen LogP) is 2.67. The summed E-state index contributed by atoms with van der Waals surface area (Å²) in [4.78, 5) is 37.9. The third-order valence-corrected chi connectivity index (χ3v) is 5.02. The minimum Gasteiger partial charge on any atom is -0.468 e. The fraction of sp³-hybridized carbons (Fsp3) is 0.353. The van der Waals surface area contributed by atoms with E-state index in [2.05, 4.69) is 15.9 Å². The molecule has 0 N–H and O–H groups in total. The Morgan fingerprint density at radius 3 is 2.42 bits per heavy atom. The Bertz CT molecular complexity index is 853. The number of esters is 2. The van der Waals surface area contributed by atoms with Gasteiger partial charge in [-0.1, -0.05) is 22.9 Å². The van der Waals surface area contributed by atoms with E-state index in [1.165, 1.54) is 18.8 Å². The molecule has 0 amide bonds. The van der Waals surface area contributed by atoms with Crippen molar-refractivity contribution in [1.82, 2.24) is 4.57 Å². The average Bonchev–Trinajstić information content (AvgIpc) is 2.95. The van der Waals surface area contributed by atoms with Gasteiger partial charge in [-0.05, 0) is 30.7 Å². The molecule has 1 aromatic heterocycles. The molecule has 24 heavy (non-hydrogen) atoms. The summed E-state index contributed by atoms with van der Waals surface area (Å²) in [5.74, 6) is -2.14. The van der Waals surface area contributed by atoms with Gasteiger partial charge in [0.25, 0.3) is 0 Å². The van der Waals surface area contributed by atoms with Gasteiger partial charge in [-0.15, -0.1) is 0 Å². The minimum atomic E-state index is -1.65. The summed E-state index contributed by atoms with van der Waals surface area (Å²) in [5.41, 5.74) is -0.721. The molecule has 126 valence electrons. The highest BCUT2D eigenvalue weighted by atomic mass is 79.9. The van der Waals surface area contributed by atoms with E-state index in [1.54, 1.807) is 25.1 Å². The maximum Gasteiger partial charge on any atom is 0.329 e. The Morgan fingerprint density at radius 2 is 1.83 bits per heavy atom. The highest BCUT2D eigenvalue weighted by Gasteiger charge is 2.57. The smallest absolute Gasteiger partial charge is 0.329 e. The van der Waals surface area contributed by atoms with E-state index >= 15 is 0 Å². The van der Waals surface area contributed by atoms with Gasteiger partial charge in [-0.25, -0.2) is 0 Å². The molecule has 0 bridgehead atoms. The summed E-state index contributed by atoms with van der Waals surface area (Å²) >= 11 is 3.39. The van der Waals surface area contributed by atoms with Crippen LogP contribution in [0.2, 0.25) is 0 Å². The van der Waals surface area contributed by atoms with Gasteiger partial charge in [0.15, 0.2) is 0 Å². The Hall–Kier alpha value is -2.15. The third-order valence-electron chi connectivity index (χ3n) is 4.52. The molecule has 7 heteroatoms. The Balaban J connectivity index is 2.41. The van der Waals surface area contributed by atoms with E-state index in [0.717, 1.165) is 9.86 Å². The minimum absolute atomic E-state index is 0.0165. The number of hydrogen-bond acceptors (Lipinski definition) is 5. The van der Waals surface area contributed by atoms with Crippen LogP contribution < -0.4 is 0 Å². The maximum absolute atomic E-state index is 12.7. The van der Waals surface area contributed by atoms with Crippen LogP contribution in [-0.4, -0.2) is 36.6 Å². The van der Waals surface area contributed by atoms with Crippen molar-refractivity contribution in [3.63, 3.8) is 0 Å². The Kier molecular flexibility index (Phi) is 3.99. The first-order chi connectivity index (χ1) is 11.4. The van der Waals surface area contributed by atoms with Crippen LogP contribution in [-0.2, 0) is 24.5 Å². The lowest BCUT2D eigenvalue weighted by Crippen LogP contribution is -2.52. The summed E-state index contributed by atoms with van der Waals surface area (Å²) in [6.45, 7) is 1.69. The van der Waals surface area contributed by atoms with Crippen LogP contribution in [0.15, 0.2) is 28.7 Å². The van der Waals surface area contributed by atoms with Crippen molar-refractivity contribution in [2.24, 2.45) is 5.92 Å². The summed E-state index contributed by atoms with van der Waals surface area (Å²) in [6.07, 6.45) is 0.0165. The number of carbonyl (C=O) groups excluding carboxylic acids is 3. The van der Waals surface area contributed by atoms with Gasteiger partial charge >= 0.3 is 11.9 Å². The normalized spacial score (nSPS) is 19.0. The standard InChI is InChI=1S/C17H16BrNO5/c1-9-8-17(15(21)23-2,16(22)24-3)13-7-10-6-11(18)4-5-12(10)19(13)14(9)20/h4-7,9H,8H2,1-3H3. The summed E-state index contributed by atoms with van der Waals surface area (Å²) < 4.78 is 12.1. The number of fused-ring (bicyclic) bond motifs is 3. The van der Waals surface area contributed by atoms with Crippen LogP contribution in [0.3, 0.4) is 0 Å². The fourth-order valence-corrected chi connectivity index (χ4v) is 3.80. The first-order valence-electron chi connectivity index (χ1n) is 7.39. The Morgan fingerprint density at radius 1 is 1.21 bits per heavy atom. The van der Waals surface area contributed by atoms with Crippen LogP contribution in [0.1, 0.15) is 23.8 Å². The molecule has 2 aromatic rings. The molecule has 0 spiro atoms. The average molecular weight is 394 g/mol. The number of benzene rings is 1. The highest BCUT2D eigenvalue weighted by molar-refractivity contribution is 9.10. The van der Waals surface area contributed by atoms with E-state index in [4.69, 9.17) is 9.47 Å². The molecule has 0 aliphatic carbocycles. The summed E-state index contributed by atoms with van der Waals surface area (Å²) in [7, 11) is 2.44. The molecule has 0 saturated heterocycles. The quantitative estimate of drug-likeness (QED) is 0.579. The molecule has 1 atom stereocenters. The molecule has 1 aliphatic heterocycles. The number of ether oxygens (including phenoxy) is 2. The molecule has 0 saturated carbocycles. The van der Waals surface area contributed by atoms with Crippen LogP contribution >= 0.6 is 15.9 Å². The predicted molar refractivity (Wildman–Crippen MR) is 89.8 cm³/mol. The number of carbonyl (C=O) groups is 3. The number of rotatable bonds is 2. The van der Waals surface area contributed by atoms with Crippen molar-refractivity contribution < 1.29 is 23.9 Å². The van der Waals surface area contributed by atoms with Crippen molar-refractivity contribution in [3.05, 3.63) is 34.4 Å². The summed E-state index contributed by atoms with van der Waals surface area (Å²) in [6, 6.07) is 7.09. The SMILES string of the molecule is COC(=O)C1(C(=O)OC)CC(C)C(=O)n2c1cc1cc(Br)ccc12. The second-order valence-corrected chi connectivity index (χ2v) is 6.82. The fourth-order valence-electron chi connectivity index (χ4n) is 3.42. The lowest BCUT2D eigenvalue weighted by Gasteiger charge is -2.35.